The van der Waals surface area contributed by atoms with Crippen molar-refractivity contribution in [1.82, 2.24) is 0 Å². The second-order valence-electron chi connectivity index (χ2n) is 13.3. The lowest BCUT2D eigenvalue weighted by molar-refractivity contribution is 0.569. The van der Waals surface area contributed by atoms with E-state index in [9.17, 15) is 0 Å². The van der Waals surface area contributed by atoms with E-state index in [1.807, 2.05) is 6.07 Å². The van der Waals surface area contributed by atoms with E-state index in [1.165, 1.54) is 55.6 Å². The number of halogens is 2. The second-order valence-corrected chi connectivity index (χ2v) is 14.6. The SMILES string of the molecule is CC(C)(C)c1cc(-c2ccc(Br)c3c2C(c2ccccc2)(c2ccccc2)c2cc(Cl)ccc2-3)cc(C(C)(C)C)c1. The number of hydrogen-bond acceptors (Lipinski definition) is 0. The summed E-state index contributed by atoms with van der Waals surface area (Å²) >= 11 is 10.8. The highest BCUT2D eigenvalue weighted by molar-refractivity contribution is 9.10. The molecule has 1 aliphatic carbocycles. The van der Waals surface area contributed by atoms with E-state index in [4.69, 9.17) is 11.6 Å². The summed E-state index contributed by atoms with van der Waals surface area (Å²) in [6.45, 7) is 13.8. The summed E-state index contributed by atoms with van der Waals surface area (Å²) in [5.41, 5.74) is 12.1. The highest BCUT2D eigenvalue weighted by atomic mass is 79.9. The molecule has 0 nitrogen and oxygen atoms in total. The largest absolute Gasteiger partial charge is 0.0843 e. The van der Waals surface area contributed by atoms with Crippen molar-refractivity contribution in [1.29, 1.82) is 0 Å². The summed E-state index contributed by atoms with van der Waals surface area (Å²) in [5, 5.41) is 0.746. The average Bonchev–Trinajstić information content (AvgIpc) is 3.25. The van der Waals surface area contributed by atoms with E-state index in [1.54, 1.807) is 0 Å². The van der Waals surface area contributed by atoms with Gasteiger partial charge in [-0.3, -0.25) is 0 Å². The van der Waals surface area contributed by atoms with Crippen LogP contribution < -0.4 is 0 Å². The molecule has 0 aromatic heterocycles. The third-order valence-electron chi connectivity index (χ3n) is 8.57. The fourth-order valence-corrected chi connectivity index (χ4v) is 7.16. The predicted octanol–water partition coefficient (Wildman–Crippen LogP) is 11.7. The van der Waals surface area contributed by atoms with Gasteiger partial charge in [-0.25, -0.2) is 0 Å². The van der Waals surface area contributed by atoms with Crippen LogP contribution >= 0.6 is 27.5 Å². The van der Waals surface area contributed by atoms with Gasteiger partial charge >= 0.3 is 0 Å². The molecule has 0 amide bonds. The molecule has 206 valence electrons. The Balaban J connectivity index is 1.82. The minimum absolute atomic E-state index is 0.0149. The molecule has 0 spiro atoms. The molecule has 0 saturated heterocycles. The Morgan fingerprint density at radius 2 is 1.10 bits per heavy atom. The minimum Gasteiger partial charge on any atom is -0.0843 e. The maximum Gasteiger partial charge on any atom is 0.0720 e. The van der Waals surface area contributed by atoms with Crippen molar-refractivity contribution in [2.24, 2.45) is 0 Å². The Hall–Kier alpha value is -3.13. The second kappa shape index (κ2) is 10.0. The van der Waals surface area contributed by atoms with Crippen molar-refractivity contribution < 1.29 is 0 Å². The molecule has 0 heterocycles. The maximum absolute atomic E-state index is 6.80. The molecule has 6 rings (SSSR count). The zero-order chi connectivity index (χ0) is 29.2. The van der Waals surface area contributed by atoms with Crippen molar-refractivity contribution >= 4 is 27.5 Å². The van der Waals surface area contributed by atoms with Crippen LogP contribution in [-0.4, -0.2) is 0 Å². The van der Waals surface area contributed by atoms with Crippen LogP contribution in [0.25, 0.3) is 22.3 Å². The van der Waals surface area contributed by atoms with Crippen molar-refractivity contribution in [2.45, 2.75) is 57.8 Å². The predicted molar refractivity (Wildman–Crippen MR) is 179 cm³/mol. The van der Waals surface area contributed by atoms with Gasteiger partial charge in [0.25, 0.3) is 0 Å². The highest BCUT2D eigenvalue weighted by Crippen LogP contribution is 2.60. The minimum atomic E-state index is -0.545. The number of fused-ring (bicyclic) bond motifs is 3. The third-order valence-corrected chi connectivity index (χ3v) is 9.47. The van der Waals surface area contributed by atoms with Gasteiger partial charge in [0.15, 0.2) is 0 Å². The molecule has 0 unspecified atom stereocenters. The molecule has 5 aromatic carbocycles. The molecular weight excluding hydrogens is 584 g/mol. The van der Waals surface area contributed by atoms with Gasteiger partial charge in [0.2, 0.25) is 0 Å². The maximum atomic E-state index is 6.80. The summed E-state index contributed by atoms with van der Waals surface area (Å²) < 4.78 is 1.09. The van der Waals surface area contributed by atoms with Crippen LogP contribution in [0.2, 0.25) is 5.02 Å². The normalized spacial score (nSPS) is 14.0. The van der Waals surface area contributed by atoms with E-state index in [2.05, 4.69) is 161 Å². The van der Waals surface area contributed by atoms with E-state index in [-0.39, 0.29) is 10.8 Å². The van der Waals surface area contributed by atoms with Crippen LogP contribution in [-0.2, 0) is 16.2 Å². The first kappa shape index (κ1) is 28.0. The first-order chi connectivity index (χ1) is 19.4. The van der Waals surface area contributed by atoms with Gasteiger partial charge in [-0.05, 0) is 79.1 Å². The van der Waals surface area contributed by atoms with Crippen molar-refractivity contribution in [2.75, 3.05) is 0 Å². The van der Waals surface area contributed by atoms with E-state index in [0.717, 1.165) is 9.50 Å². The summed E-state index contributed by atoms with van der Waals surface area (Å²) in [7, 11) is 0. The molecular formula is C39H36BrCl. The molecule has 1 aliphatic rings. The summed E-state index contributed by atoms with van der Waals surface area (Å²) in [6.07, 6.45) is 0. The van der Waals surface area contributed by atoms with Crippen LogP contribution in [0.3, 0.4) is 0 Å². The molecule has 2 heteroatoms. The zero-order valence-corrected chi connectivity index (χ0v) is 27.0. The molecule has 5 aromatic rings. The first-order valence-corrected chi connectivity index (χ1v) is 15.5. The Morgan fingerprint density at radius 1 is 0.585 bits per heavy atom. The van der Waals surface area contributed by atoms with Gasteiger partial charge in [-0.15, -0.1) is 0 Å². The van der Waals surface area contributed by atoms with Crippen molar-refractivity contribution in [3.05, 3.63) is 152 Å². The highest BCUT2D eigenvalue weighted by Gasteiger charge is 2.48. The Bertz CT molecular complexity index is 1680. The van der Waals surface area contributed by atoms with Crippen LogP contribution in [0.5, 0.6) is 0 Å². The third kappa shape index (κ3) is 4.59. The quantitative estimate of drug-likeness (QED) is 0.185. The Morgan fingerprint density at radius 3 is 1.61 bits per heavy atom. The van der Waals surface area contributed by atoms with Crippen LogP contribution in [0.15, 0.2) is 114 Å². The summed E-state index contributed by atoms with van der Waals surface area (Å²) in [4.78, 5) is 0. The molecule has 0 aliphatic heterocycles. The zero-order valence-electron chi connectivity index (χ0n) is 24.6. The standard InChI is InChI=1S/C39H36BrCl/c1-37(2,3)28-21-25(22-29(23-28)38(4,5)6)31-19-20-34(40)35-32-18-17-30(41)24-33(32)39(36(31)35,26-13-9-7-10-14-26)27-15-11-8-12-16-27/h7-24H,1-6H3. The fraction of sp³-hybridized carbons (Fsp3) is 0.231. The molecule has 0 saturated carbocycles. The van der Waals surface area contributed by atoms with E-state index >= 15 is 0 Å². The monoisotopic (exact) mass is 618 g/mol. The topological polar surface area (TPSA) is 0 Å². The van der Waals surface area contributed by atoms with Gasteiger partial charge in [0.05, 0.1) is 5.41 Å². The number of benzene rings is 5. The lowest BCUT2D eigenvalue weighted by Gasteiger charge is -2.36. The fourth-order valence-electron chi connectivity index (χ4n) is 6.44. The molecule has 0 radical (unpaired) electrons. The smallest absolute Gasteiger partial charge is 0.0720 e. The van der Waals surface area contributed by atoms with Gasteiger partial charge < -0.3 is 0 Å². The van der Waals surface area contributed by atoms with E-state index in [0.29, 0.717) is 0 Å². The molecule has 41 heavy (non-hydrogen) atoms. The van der Waals surface area contributed by atoms with Crippen molar-refractivity contribution in [3.8, 4) is 22.3 Å². The molecule has 0 fully saturated rings. The van der Waals surface area contributed by atoms with E-state index < -0.39 is 5.41 Å². The molecule has 0 bridgehead atoms. The van der Waals surface area contributed by atoms with Crippen LogP contribution in [0, 0.1) is 0 Å². The van der Waals surface area contributed by atoms with Gasteiger partial charge in [-0.1, -0.05) is 160 Å². The molecule has 0 atom stereocenters. The first-order valence-electron chi connectivity index (χ1n) is 14.3. The Kier molecular flexibility index (Phi) is 6.83. The van der Waals surface area contributed by atoms with Gasteiger partial charge in [0, 0.05) is 15.1 Å². The lowest BCUT2D eigenvalue weighted by Crippen LogP contribution is -2.29. The summed E-state index contributed by atoms with van der Waals surface area (Å²) in [6, 6.07) is 40.0. The lowest BCUT2D eigenvalue weighted by atomic mass is 9.66. The number of hydrogen-bond donors (Lipinski definition) is 0. The molecule has 0 N–H and O–H groups in total. The van der Waals surface area contributed by atoms with Gasteiger partial charge in [-0.2, -0.15) is 0 Å². The number of rotatable bonds is 3. The van der Waals surface area contributed by atoms with Crippen molar-refractivity contribution in [3.63, 3.8) is 0 Å². The van der Waals surface area contributed by atoms with Gasteiger partial charge in [0.1, 0.15) is 0 Å². The van der Waals surface area contributed by atoms with Crippen LogP contribution in [0.1, 0.15) is 74.9 Å². The average molecular weight is 620 g/mol. The van der Waals surface area contributed by atoms with Crippen LogP contribution in [0.4, 0.5) is 0 Å². The Labute approximate surface area is 258 Å². The summed E-state index contributed by atoms with van der Waals surface area (Å²) in [5.74, 6) is 0.